The van der Waals surface area contributed by atoms with E-state index in [1.807, 2.05) is 0 Å². The van der Waals surface area contributed by atoms with Crippen LogP contribution in [0.5, 0.6) is 0 Å². The summed E-state index contributed by atoms with van der Waals surface area (Å²) in [7, 11) is 0. The average molecular weight is 214 g/mol. The third-order valence-corrected chi connectivity index (χ3v) is 3.73. The van der Waals surface area contributed by atoms with Crippen LogP contribution >= 0.6 is 0 Å². The van der Waals surface area contributed by atoms with Crippen LogP contribution in [-0.4, -0.2) is 55.5 Å². The highest BCUT2D eigenvalue weighted by molar-refractivity contribution is 4.97. The first-order valence-electron chi connectivity index (χ1n) is 5.92. The zero-order valence-corrected chi connectivity index (χ0v) is 9.32. The number of morpholine rings is 1. The van der Waals surface area contributed by atoms with Crippen molar-refractivity contribution in [2.45, 2.75) is 25.3 Å². The maximum Gasteiger partial charge on any atom is 0.0644 e. The van der Waals surface area contributed by atoms with E-state index >= 15 is 0 Å². The van der Waals surface area contributed by atoms with Gasteiger partial charge in [0.25, 0.3) is 0 Å². The lowest BCUT2D eigenvalue weighted by molar-refractivity contribution is -0.0357. The van der Waals surface area contributed by atoms with Gasteiger partial charge in [-0.3, -0.25) is 4.90 Å². The van der Waals surface area contributed by atoms with Crippen molar-refractivity contribution in [3.63, 3.8) is 0 Å². The summed E-state index contributed by atoms with van der Waals surface area (Å²) < 4.78 is 5.37. The molecule has 2 aliphatic rings. The van der Waals surface area contributed by atoms with Crippen molar-refractivity contribution in [2.75, 3.05) is 39.5 Å². The predicted molar refractivity (Wildman–Crippen MR) is 58.6 cm³/mol. The lowest BCUT2D eigenvalue weighted by Gasteiger charge is -2.37. The van der Waals surface area contributed by atoms with Crippen LogP contribution in [0, 0.1) is 5.41 Å². The highest BCUT2D eigenvalue weighted by Gasteiger charge is 2.44. The van der Waals surface area contributed by atoms with Crippen LogP contribution in [-0.2, 0) is 4.74 Å². The molecule has 0 bridgehead atoms. The molecule has 88 valence electrons. The summed E-state index contributed by atoms with van der Waals surface area (Å²) in [5.74, 6) is 0. The van der Waals surface area contributed by atoms with Crippen LogP contribution in [0.1, 0.15) is 19.3 Å². The van der Waals surface area contributed by atoms with E-state index in [0.29, 0.717) is 12.0 Å². The number of aliphatic hydroxyl groups is 1. The van der Waals surface area contributed by atoms with E-state index in [1.165, 1.54) is 12.8 Å². The molecular formula is C11H22N2O2. The van der Waals surface area contributed by atoms with Gasteiger partial charge in [0.1, 0.15) is 0 Å². The molecule has 0 aromatic carbocycles. The molecule has 1 unspecified atom stereocenters. The minimum atomic E-state index is 0.203. The van der Waals surface area contributed by atoms with Crippen molar-refractivity contribution in [1.29, 1.82) is 0 Å². The first-order chi connectivity index (χ1) is 7.29. The Morgan fingerprint density at radius 2 is 2.27 bits per heavy atom. The summed E-state index contributed by atoms with van der Waals surface area (Å²) >= 11 is 0. The quantitative estimate of drug-likeness (QED) is 0.666. The van der Waals surface area contributed by atoms with Crippen LogP contribution < -0.4 is 5.73 Å². The Bertz CT molecular complexity index is 207. The lowest BCUT2D eigenvalue weighted by Crippen LogP contribution is -2.49. The predicted octanol–water partition coefficient (Wildman–Crippen LogP) is -0.191. The first kappa shape index (κ1) is 11.3. The smallest absolute Gasteiger partial charge is 0.0644 e. The standard InChI is InChI=1S/C11H22N2O2/c12-4-3-11(1-2-11)9-13-5-6-15-8-10(13)7-14/h10,14H,1-9,12H2. The van der Waals surface area contributed by atoms with Crippen LogP contribution in [0.4, 0.5) is 0 Å². The fraction of sp³-hybridized carbons (Fsp3) is 1.00. The van der Waals surface area contributed by atoms with Crippen molar-refractivity contribution >= 4 is 0 Å². The van der Waals surface area contributed by atoms with E-state index in [4.69, 9.17) is 10.5 Å². The number of hydrogen-bond acceptors (Lipinski definition) is 4. The number of hydrogen-bond donors (Lipinski definition) is 2. The summed E-state index contributed by atoms with van der Waals surface area (Å²) in [4.78, 5) is 2.38. The highest BCUT2D eigenvalue weighted by Crippen LogP contribution is 2.49. The molecule has 15 heavy (non-hydrogen) atoms. The van der Waals surface area contributed by atoms with E-state index in [2.05, 4.69) is 4.90 Å². The number of aliphatic hydroxyl groups excluding tert-OH is 1. The molecule has 1 saturated heterocycles. The molecular weight excluding hydrogens is 192 g/mol. The van der Waals surface area contributed by atoms with Gasteiger partial charge in [-0.1, -0.05) is 0 Å². The van der Waals surface area contributed by atoms with E-state index in [0.717, 1.165) is 32.7 Å². The Hall–Kier alpha value is -0.160. The fourth-order valence-electron chi connectivity index (χ4n) is 2.47. The summed E-state index contributed by atoms with van der Waals surface area (Å²) in [5, 5.41) is 9.26. The summed E-state index contributed by atoms with van der Waals surface area (Å²) in [6.07, 6.45) is 3.74. The van der Waals surface area contributed by atoms with Crippen molar-refractivity contribution in [3.05, 3.63) is 0 Å². The van der Waals surface area contributed by atoms with Crippen LogP contribution in [0.25, 0.3) is 0 Å². The molecule has 2 rings (SSSR count). The molecule has 4 nitrogen and oxygen atoms in total. The largest absolute Gasteiger partial charge is 0.395 e. The van der Waals surface area contributed by atoms with E-state index < -0.39 is 0 Å². The normalized spacial score (nSPS) is 30.4. The third kappa shape index (κ3) is 2.69. The second kappa shape index (κ2) is 4.78. The maximum atomic E-state index is 9.26. The highest BCUT2D eigenvalue weighted by atomic mass is 16.5. The summed E-state index contributed by atoms with van der Waals surface area (Å²) in [6.45, 7) is 4.52. The molecule has 1 aliphatic carbocycles. The molecule has 1 aliphatic heterocycles. The number of rotatable bonds is 5. The van der Waals surface area contributed by atoms with Crippen LogP contribution in [0.15, 0.2) is 0 Å². The minimum absolute atomic E-state index is 0.203. The molecule has 0 aromatic heterocycles. The maximum absolute atomic E-state index is 9.26. The van der Waals surface area contributed by atoms with E-state index in [9.17, 15) is 5.11 Å². The zero-order chi connectivity index (χ0) is 10.7. The Morgan fingerprint density at radius 1 is 1.47 bits per heavy atom. The van der Waals surface area contributed by atoms with Gasteiger partial charge in [-0.15, -0.1) is 0 Å². The summed E-state index contributed by atoms with van der Waals surface area (Å²) in [5.41, 5.74) is 6.11. The van der Waals surface area contributed by atoms with Gasteiger partial charge >= 0.3 is 0 Å². The average Bonchev–Trinajstić information content (AvgIpc) is 2.99. The van der Waals surface area contributed by atoms with Gasteiger partial charge in [-0.2, -0.15) is 0 Å². The van der Waals surface area contributed by atoms with Gasteiger partial charge in [0, 0.05) is 13.1 Å². The molecule has 1 saturated carbocycles. The number of nitrogens with two attached hydrogens (primary N) is 1. The Balaban J connectivity index is 1.86. The Kier molecular flexibility index (Phi) is 3.61. The van der Waals surface area contributed by atoms with E-state index in [1.54, 1.807) is 0 Å². The van der Waals surface area contributed by atoms with Crippen LogP contribution in [0.2, 0.25) is 0 Å². The fourth-order valence-corrected chi connectivity index (χ4v) is 2.47. The van der Waals surface area contributed by atoms with Gasteiger partial charge in [0.2, 0.25) is 0 Å². The molecule has 0 aromatic rings. The minimum Gasteiger partial charge on any atom is -0.395 e. The Morgan fingerprint density at radius 3 is 2.87 bits per heavy atom. The van der Waals surface area contributed by atoms with Gasteiger partial charge in [-0.25, -0.2) is 0 Å². The molecule has 2 fully saturated rings. The van der Waals surface area contributed by atoms with E-state index in [-0.39, 0.29) is 12.6 Å². The molecule has 3 N–H and O–H groups in total. The van der Waals surface area contributed by atoms with Crippen molar-refractivity contribution in [1.82, 2.24) is 4.90 Å². The SMILES string of the molecule is NCCC1(CN2CCOCC2CO)CC1. The van der Waals surface area contributed by atoms with Crippen LogP contribution in [0.3, 0.4) is 0 Å². The van der Waals surface area contributed by atoms with Crippen molar-refractivity contribution in [3.8, 4) is 0 Å². The molecule has 4 heteroatoms. The second-order valence-corrected chi connectivity index (χ2v) is 4.92. The van der Waals surface area contributed by atoms with Gasteiger partial charge < -0.3 is 15.6 Å². The molecule has 0 amide bonds. The van der Waals surface area contributed by atoms with Crippen molar-refractivity contribution < 1.29 is 9.84 Å². The summed E-state index contributed by atoms with van der Waals surface area (Å²) in [6, 6.07) is 0.203. The van der Waals surface area contributed by atoms with Gasteiger partial charge in [0.05, 0.1) is 25.9 Å². The third-order valence-electron chi connectivity index (χ3n) is 3.73. The zero-order valence-electron chi connectivity index (χ0n) is 9.32. The topological polar surface area (TPSA) is 58.7 Å². The molecule has 0 spiro atoms. The van der Waals surface area contributed by atoms with Gasteiger partial charge in [0.15, 0.2) is 0 Å². The Labute approximate surface area is 91.4 Å². The van der Waals surface area contributed by atoms with Gasteiger partial charge in [-0.05, 0) is 31.2 Å². The molecule has 1 heterocycles. The first-order valence-corrected chi connectivity index (χ1v) is 5.92. The molecule has 1 atom stereocenters. The number of ether oxygens (including phenoxy) is 1. The second-order valence-electron chi connectivity index (χ2n) is 4.92. The lowest BCUT2D eigenvalue weighted by atomic mass is 10.0. The van der Waals surface area contributed by atoms with Crippen molar-refractivity contribution in [2.24, 2.45) is 11.1 Å². The number of nitrogens with zero attached hydrogens (tertiary/aromatic N) is 1. The molecule has 0 radical (unpaired) electrons. The monoisotopic (exact) mass is 214 g/mol.